The van der Waals surface area contributed by atoms with E-state index in [9.17, 15) is 0 Å². The first-order valence-electron chi connectivity index (χ1n) is 14.9. The summed E-state index contributed by atoms with van der Waals surface area (Å²) in [7, 11) is 0. The van der Waals surface area contributed by atoms with Crippen molar-refractivity contribution in [1.82, 2.24) is 4.98 Å². The lowest BCUT2D eigenvalue weighted by Crippen LogP contribution is -2.10. The summed E-state index contributed by atoms with van der Waals surface area (Å²) in [6, 6.07) is 52.1. The largest absolute Gasteiger partial charge is 0.456 e. The average molecular weight is 563 g/mol. The number of furan rings is 1. The maximum Gasteiger partial charge on any atom is 0.138 e. The van der Waals surface area contributed by atoms with E-state index in [1.807, 2.05) is 12.3 Å². The molecule has 0 N–H and O–H groups in total. The van der Waals surface area contributed by atoms with E-state index in [2.05, 4.69) is 149 Å². The second kappa shape index (κ2) is 9.82. The van der Waals surface area contributed by atoms with Crippen molar-refractivity contribution in [2.24, 2.45) is 0 Å². The molecule has 0 atom stereocenters. The molecule has 0 aliphatic carbocycles. The predicted octanol–water partition coefficient (Wildman–Crippen LogP) is 11.6. The summed E-state index contributed by atoms with van der Waals surface area (Å²) in [6.45, 7) is 0. The van der Waals surface area contributed by atoms with E-state index in [0.29, 0.717) is 0 Å². The summed E-state index contributed by atoms with van der Waals surface area (Å²) in [5, 5.41) is 9.39. The van der Waals surface area contributed by atoms with Crippen molar-refractivity contribution in [3.05, 3.63) is 158 Å². The lowest BCUT2D eigenvalue weighted by Gasteiger charge is -2.26. The van der Waals surface area contributed by atoms with E-state index in [1.54, 1.807) is 6.20 Å². The van der Waals surface area contributed by atoms with E-state index < -0.39 is 0 Å². The summed E-state index contributed by atoms with van der Waals surface area (Å²) < 4.78 is 6.22. The highest BCUT2D eigenvalue weighted by molar-refractivity contribution is 6.19. The molecule has 206 valence electrons. The van der Waals surface area contributed by atoms with Gasteiger partial charge in [-0.2, -0.15) is 0 Å². The number of benzene rings is 7. The first kappa shape index (κ1) is 24.6. The molecule has 0 fully saturated rings. The topological polar surface area (TPSA) is 29.3 Å². The van der Waals surface area contributed by atoms with Crippen LogP contribution in [0.4, 0.5) is 17.1 Å². The Morgan fingerprint density at radius 3 is 1.86 bits per heavy atom. The SMILES string of the molecule is c1ccc(-c2ccc(N(c3ccc4ccc5ccccc5c4c3)c3ccc4ccc5oc6ccncc6c5c4c3)cc2)cc1. The molecule has 0 saturated carbocycles. The zero-order valence-electron chi connectivity index (χ0n) is 23.8. The normalized spacial score (nSPS) is 11.6. The van der Waals surface area contributed by atoms with Gasteiger partial charge in [-0.15, -0.1) is 0 Å². The molecule has 0 amide bonds. The van der Waals surface area contributed by atoms with Gasteiger partial charge in [0.25, 0.3) is 0 Å². The van der Waals surface area contributed by atoms with Gasteiger partial charge in [-0.25, -0.2) is 0 Å². The number of hydrogen-bond donors (Lipinski definition) is 0. The molecule has 9 rings (SSSR count). The summed E-state index contributed by atoms with van der Waals surface area (Å²) in [5.74, 6) is 0. The van der Waals surface area contributed by atoms with Gasteiger partial charge in [0.1, 0.15) is 11.2 Å². The van der Waals surface area contributed by atoms with Crippen LogP contribution in [0.2, 0.25) is 0 Å². The molecular formula is C41H26N2O. The van der Waals surface area contributed by atoms with Gasteiger partial charge in [0, 0.05) is 40.2 Å². The minimum absolute atomic E-state index is 0.850. The van der Waals surface area contributed by atoms with Gasteiger partial charge in [-0.1, -0.05) is 97.1 Å². The van der Waals surface area contributed by atoms with Crippen molar-refractivity contribution in [3.63, 3.8) is 0 Å². The van der Waals surface area contributed by atoms with Crippen LogP contribution in [-0.4, -0.2) is 4.98 Å². The quantitative estimate of drug-likeness (QED) is 0.200. The molecule has 3 nitrogen and oxygen atoms in total. The van der Waals surface area contributed by atoms with Gasteiger partial charge < -0.3 is 9.32 Å². The van der Waals surface area contributed by atoms with Gasteiger partial charge in [-0.3, -0.25) is 4.98 Å². The maximum atomic E-state index is 6.22. The number of pyridine rings is 1. The lowest BCUT2D eigenvalue weighted by molar-refractivity contribution is 0.668. The van der Waals surface area contributed by atoms with Crippen LogP contribution in [0.15, 0.2) is 162 Å². The van der Waals surface area contributed by atoms with Crippen LogP contribution in [0.1, 0.15) is 0 Å². The van der Waals surface area contributed by atoms with E-state index in [-0.39, 0.29) is 0 Å². The Morgan fingerprint density at radius 2 is 1.05 bits per heavy atom. The van der Waals surface area contributed by atoms with Crippen molar-refractivity contribution in [1.29, 1.82) is 0 Å². The van der Waals surface area contributed by atoms with Crippen LogP contribution in [0, 0.1) is 0 Å². The van der Waals surface area contributed by atoms with E-state index in [1.165, 1.54) is 32.7 Å². The summed E-state index contributed by atoms with van der Waals surface area (Å²) in [5.41, 5.74) is 7.39. The molecule has 0 bridgehead atoms. The van der Waals surface area contributed by atoms with Crippen LogP contribution in [0.25, 0.3) is 65.4 Å². The molecule has 0 aliphatic heterocycles. The fraction of sp³-hybridized carbons (Fsp3) is 0. The van der Waals surface area contributed by atoms with Crippen LogP contribution in [0.3, 0.4) is 0 Å². The molecule has 0 saturated heterocycles. The molecule has 9 aromatic rings. The Labute approximate surface area is 254 Å². The predicted molar refractivity (Wildman–Crippen MR) is 184 cm³/mol. The van der Waals surface area contributed by atoms with Crippen molar-refractivity contribution >= 4 is 71.3 Å². The molecule has 2 aromatic heterocycles. The Hall–Kier alpha value is -5.93. The summed E-state index contributed by atoms with van der Waals surface area (Å²) in [4.78, 5) is 6.77. The highest BCUT2D eigenvalue weighted by Gasteiger charge is 2.17. The smallest absolute Gasteiger partial charge is 0.138 e. The number of hydrogen-bond acceptors (Lipinski definition) is 3. The molecule has 0 radical (unpaired) electrons. The van der Waals surface area contributed by atoms with E-state index in [4.69, 9.17) is 4.42 Å². The Bertz CT molecular complexity index is 2490. The fourth-order valence-electron chi connectivity index (χ4n) is 6.58. The van der Waals surface area contributed by atoms with Gasteiger partial charge in [-0.05, 0) is 92.0 Å². The third-order valence-corrected chi connectivity index (χ3v) is 8.72. The number of anilines is 3. The minimum Gasteiger partial charge on any atom is -0.456 e. The number of rotatable bonds is 4. The van der Waals surface area contributed by atoms with Crippen molar-refractivity contribution < 1.29 is 4.42 Å². The van der Waals surface area contributed by atoms with Crippen LogP contribution < -0.4 is 4.90 Å². The second-order valence-corrected chi connectivity index (χ2v) is 11.3. The summed E-state index contributed by atoms with van der Waals surface area (Å²) >= 11 is 0. The molecule has 0 unspecified atom stereocenters. The van der Waals surface area contributed by atoms with Crippen LogP contribution >= 0.6 is 0 Å². The first-order chi connectivity index (χ1) is 21.8. The molecule has 0 spiro atoms. The average Bonchev–Trinajstić information content (AvgIpc) is 3.48. The molecule has 7 aromatic carbocycles. The van der Waals surface area contributed by atoms with Crippen molar-refractivity contribution in [2.75, 3.05) is 4.90 Å². The van der Waals surface area contributed by atoms with Crippen LogP contribution in [0.5, 0.6) is 0 Å². The van der Waals surface area contributed by atoms with Crippen molar-refractivity contribution in [3.8, 4) is 11.1 Å². The third-order valence-electron chi connectivity index (χ3n) is 8.72. The molecule has 0 aliphatic rings. The molecule has 44 heavy (non-hydrogen) atoms. The minimum atomic E-state index is 0.850. The van der Waals surface area contributed by atoms with Gasteiger partial charge in [0.15, 0.2) is 0 Å². The number of nitrogens with zero attached hydrogens (tertiary/aromatic N) is 2. The zero-order chi connectivity index (χ0) is 29.0. The fourth-order valence-corrected chi connectivity index (χ4v) is 6.58. The van der Waals surface area contributed by atoms with Gasteiger partial charge in [0.05, 0.1) is 0 Å². The molecule has 2 heterocycles. The molecule has 3 heteroatoms. The highest BCUT2D eigenvalue weighted by atomic mass is 16.3. The van der Waals surface area contributed by atoms with E-state index >= 15 is 0 Å². The lowest BCUT2D eigenvalue weighted by atomic mass is 10.00. The Morgan fingerprint density at radius 1 is 0.432 bits per heavy atom. The zero-order valence-corrected chi connectivity index (χ0v) is 23.8. The Kier molecular flexibility index (Phi) is 5.50. The van der Waals surface area contributed by atoms with Crippen LogP contribution in [-0.2, 0) is 0 Å². The first-order valence-corrected chi connectivity index (χ1v) is 14.9. The summed E-state index contributed by atoms with van der Waals surface area (Å²) in [6.07, 6.45) is 3.68. The van der Waals surface area contributed by atoms with Crippen molar-refractivity contribution in [2.45, 2.75) is 0 Å². The van der Waals surface area contributed by atoms with Gasteiger partial charge >= 0.3 is 0 Å². The number of fused-ring (bicyclic) bond motifs is 8. The van der Waals surface area contributed by atoms with Gasteiger partial charge in [0.2, 0.25) is 0 Å². The Balaban J connectivity index is 1.28. The second-order valence-electron chi connectivity index (χ2n) is 11.3. The monoisotopic (exact) mass is 562 g/mol. The molecular weight excluding hydrogens is 536 g/mol. The number of aromatic nitrogens is 1. The maximum absolute atomic E-state index is 6.22. The third kappa shape index (κ3) is 3.94. The highest BCUT2D eigenvalue weighted by Crippen LogP contribution is 2.41. The van der Waals surface area contributed by atoms with E-state index in [0.717, 1.165) is 49.8 Å². The standard InChI is InChI=1S/C41H26N2O/c1-2-6-27(7-3-1)28-12-17-32(18-13-28)43(33-19-14-30-11-10-29-8-4-5-9-35(29)36(30)24-33)34-20-15-31-16-21-40-41(37(31)25-34)38-26-42-23-22-39(38)44-40/h1-26H.